The molecule has 0 fully saturated rings. The van der Waals surface area contributed by atoms with Gasteiger partial charge in [-0.25, -0.2) is 4.21 Å². The van der Waals surface area contributed by atoms with Crippen molar-refractivity contribution in [2.24, 2.45) is 0 Å². The summed E-state index contributed by atoms with van der Waals surface area (Å²) in [4.78, 5) is 0. The highest BCUT2D eigenvalue weighted by molar-refractivity contribution is 7.74. The van der Waals surface area contributed by atoms with E-state index in [4.69, 9.17) is 0 Å². The molecule has 1 unspecified atom stereocenters. The predicted octanol–water partition coefficient (Wildman–Crippen LogP) is 1.87. The van der Waals surface area contributed by atoms with Crippen LogP contribution in [-0.2, 0) is 15.5 Å². The molecule has 0 rings (SSSR count). The zero-order chi connectivity index (χ0) is 13.0. The summed E-state index contributed by atoms with van der Waals surface area (Å²) >= 11 is -2.39. The summed E-state index contributed by atoms with van der Waals surface area (Å²) in [5, 5.41) is 0. The van der Waals surface area contributed by atoms with Crippen LogP contribution in [0.5, 0.6) is 0 Å². The zero-order valence-corrected chi connectivity index (χ0v) is 11.7. The minimum Gasteiger partial charge on any atom is -0.750 e. The third kappa shape index (κ3) is 9.03. The Morgan fingerprint density at radius 2 is 1.56 bits per heavy atom. The minimum atomic E-state index is -2.39. The van der Waals surface area contributed by atoms with Gasteiger partial charge in [-0.2, -0.15) is 0 Å². The van der Waals surface area contributed by atoms with Crippen molar-refractivity contribution >= 4 is 11.4 Å². The van der Waals surface area contributed by atoms with E-state index >= 15 is 0 Å². The molecule has 0 saturated carbocycles. The summed E-state index contributed by atoms with van der Waals surface area (Å²) in [6, 6.07) is 0. The molecular weight excluding hydrogens is 226 g/mol. The second-order valence-corrected chi connectivity index (χ2v) is 4.03. The highest BCUT2D eigenvalue weighted by Gasteiger charge is 2.16. The van der Waals surface area contributed by atoms with Crippen molar-refractivity contribution in [1.29, 1.82) is 0 Å². The summed E-state index contributed by atoms with van der Waals surface area (Å²) in [6.45, 7) is 17.5. The third-order valence-electron chi connectivity index (χ3n) is 2.97. The molecule has 0 spiro atoms. The van der Waals surface area contributed by atoms with Gasteiger partial charge in [0, 0.05) is 0 Å². The summed E-state index contributed by atoms with van der Waals surface area (Å²) in [6.07, 6.45) is 1.36. The van der Waals surface area contributed by atoms with Crippen LogP contribution in [0.25, 0.3) is 0 Å². The standard InChI is InChI=1S/C8H20N.C3H6O3S/c1-5-9(6-2,7-3)8-4;1-2-3-6-7(4)5/h5-8H2,1-4H3;2H,1,3H2,(H,4,5)/q+1;/p-1. The molecule has 0 aliphatic carbocycles. The van der Waals surface area contributed by atoms with Gasteiger partial charge in [0.15, 0.2) is 0 Å². The second-order valence-electron chi connectivity index (χ2n) is 3.38. The molecule has 0 amide bonds. The van der Waals surface area contributed by atoms with Gasteiger partial charge in [-0.1, -0.05) is 6.08 Å². The fourth-order valence-corrected chi connectivity index (χ4v) is 1.65. The number of nitrogens with zero attached hydrogens (tertiary/aromatic N) is 1. The van der Waals surface area contributed by atoms with Crippen molar-refractivity contribution in [3.63, 3.8) is 0 Å². The molecule has 0 aromatic heterocycles. The molecule has 1 atom stereocenters. The molecule has 0 N–H and O–H groups in total. The lowest BCUT2D eigenvalue weighted by atomic mass is 10.3. The van der Waals surface area contributed by atoms with E-state index in [1.807, 2.05) is 0 Å². The number of quaternary nitrogens is 1. The molecule has 0 aliphatic rings. The molecule has 16 heavy (non-hydrogen) atoms. The quantitative estimate of drug-likeness (QED) is 0.394. The lowest BCUT2D eigenvalue weighted by molar-refractivity contribution is -0.921. The summed E-state index contributed by atoms with van der Waals surface area (Å²) in [5.41, 5.74) is 0. The Balaban J connectivity index is 0. The van der Waals surface area contributed by atoms with E-state index in [0.29, 0.717) is 0 Å². The Morgan fingerprint density at radius 3 is 1.62 bits per heavy atom. The maximum Gasteiger partial charge on any atom is 0.0845 e. The van der Waals surface area contributed by atoms with Crippen LogP contribution in [0.2, 0.25) is 0 Å². The fraction of sp³-hybridized carbons (Fsp3) is 0.818. The van der Waals surface area contributed by atoms with Gasteiger partial charge in [-0.15, -0.1) is 6.58 Å². The van der Waals surface area contributed by atoms with Gasteiger partial charge in [-0.3, -0.25) is 4.18 Å². The second kappa shape index (κ2) is 11.3. The smallest absolute Gasteiger partial charge is 0.0845 e. The van der Waals surface area contributed by atoms with Crippen LogP contribution in [0.1, 0.15) is 27.7 Å². The molecule has 0 aromatic carbocycles. The predicted molar refractivity (Wildman–Crippen MR) is 67.5 cm³/mol. The lowest BCUT2D eigenvalue weighted by Gasteiger charge is -2.34. The van der Waals surface area contributed by atoms with Gasteiger partial charge in [-0.05, 0) is 27.7 Å². The van der Waals surface area contributed by atoms with Crippen LogP contribution in [0.4, 0.5) is 0 Å². The Bertz CT molecular complexity index is 176. The summed E-state index contributed by atoms with van der Waals surface area (Å²) in [5.74, 6) is 0. The van der Waals surface area contributed by atoms with Gasteiger partial charge >= 0.3 is 0 Å². The van der Waals surface area contributed by atoms with Crippen molar-refractivity contribution < 1.29 is 17.4 Å². The largest absolute Gasteiger partial charge is 0.750 e. The molecule has 0 aliphatic heterocycles. The number of rotatable bonds is 7. The van der Waals surface area contributed by atoms with Gasteiger partial charge < -0.3 is 9.04 Å². The van der Waals surface area contributed by atoms with E-state index in [0.717, 1.165) is 0 Å². The van der Waals surface area contributed by atoms with Gasteiger partial charge in [0.1, 0.15) is 0 Å². The van der Waals surface area contributed by atoms with Gasteiger partial charge in [0.25, 0.3) is 0 Å². The Morgan fingerprint density at radius 1 is 1.19 bits per heavy atom. The van der Waals surface area contributed by atoms with Crippen LogP contribution in [0.15, 0.2) is 12.7 Å². The molecule has 5 heteroatoms. The molecular formula is C11H25NO3S. The van der Waals surface area contributed by atoms with Crippen molar-refractivity contribution in [1.82, 2.24) is 0 Å². The Hall–Kier alpha value is -0.230. The normalized spacial score (nSPS) is 12.6. The topological polar surface area (TPSA) is 49.4 Å². The van der Waals surface area contributed by atoms with E-state index < -0.39 is 11.4 Å². The number of hydrogen-bond donors (Lipinski definition) is 0. The SMILES string of the molecule is C=CCOS(=O)[O-].CC[N+](CC)(CC)CC. The highest BCUT2D eigenvalue weighted by Crippen LogP contribution is 2.03. The maximum absolute atomic E-state index is 9.49. The van der Waals surface area contributed by atoms with Crippen molar-refractivity contribution in [2.45, 2.75) is 27.7 Å². The van der Waals surface area contributed by atoms with E-state index in [2.05, 4.69) is 38.5 Å². The van der Waals surface area contributed by atoms with Crippen LogP contribution in [-0.4, -0.2) is 46.0 Å². The van der Waals surface area contributed by atoms with Crippen molar-refractivity contribution in [3.8, 4) is 0 Å². The van der Waals surface area contributed by atoms with E-state index in [9.17, 15) is 8.76 Å². The van der Waals surface area contributed by atoms with Crippen LogP contribution >= 0.6 is 0 Å². The van der Waals surface area contributed by atoms with Gasteiger partial charge in [0.2, 0.25) is 0 Å². The average Bonchev–Trinajstić information content (AvgIpc) is 2.31. The molecule has 4 nitrogen and oxygen atoms in total. The molecule has 0 bridgehead atoms. The monoisotopic (exact) mass is 251 g/mol. The molecule has 0 radical (unpaired) electrons. The highest BCUT2D eigenvalue weighted by atomic mass is 32.2. The van der Waals surface area contributed by atoms with Crippen LogP contribution in [0, 0.1) is 0 Å². The fourth-order valence-electron chi connectivity index (χ4n) is 1.45. The summed E-state index contributed by atoms with van der Waals surface area (Å²) < 4.78 is 24.2. The van der Waals surface area contributed by atoms with E-state index in [1.165, 1.54) is 36.7 Å². The van der Waals surface area contributed by atoms with Gasteiger partial charge in [0.05, 0.1) is 44.1 Å². The van der Waals surface area contributed by atoms with Crippen molar-refractivity contribution in [2.75, 3.05) is 32.8 Å². The third-order valence-corrected chi connectivity index (χ3v) is 3.29. The average molecular weight is 251 g/mol. The first kappa shape index (κ1) is 18.1. The van der Waals surface area contributed by atoms with E-state index in [-0.39, 0.29) is 6.61 Å². The van der Waals surface area contributed by atoms with Crippen LogP contribution < -0.4 is 0 Å². The van der Waals surface area contributed by atoms with Crippen LogP contribution in [0.3, 0.4) is 0 Å². The first-order valence-corrected chi connectivity index (χ1v) is 6.70. The van der Waals surface area contributed by atoms with E-state index in [1.54, 1.807) is 0 Å². The minimum absolute atomic E-state index is 0.0517. The Kier molecular flexibility index (Phi) is 12.8. The molecule has 0 heterocycles. The first-order valence-electron chi connectivity index (χ1n) is 5.70. The molecule has 0 aromatic rings. The number of hydrogen-bond acceptors (Lipinski definition) is 3. The maximum atomic E-state index is 9.49. The summed E-state index contributed by atoms with van der Waals surface area (Å²) in [7, 11) is 0. The molecule has 0 saturated heterocycles. The molecule has 98 valence electrons. The lowest BCUT2D eigenvalue weighted by Crippen LogP contribution is -2.47. The Labute approximate surface area is 102 Å². The zero-order valence-electron chi connectivity index (χ0n) is 10.9. The van der Waals surface area contributed by atoms with Crippen molar-refractivity contribution in [3.05, 3.63) is 12.7 Å². The first-order chi connectivity index (χ1) is 7.51.